The number of anilines is 3. The number of hydrogen-bond acceptors (Lipinski definition) is 8. The van der Waals surface area contributed by atoms with Gasteiger partial charge in [0.25, 0.3) is 0 Å². The van der Waals surface area contributed by atoms with E-state index in [1.807, 2.05) is 49.5 Å². The molecule has 0 bridgehead atoms. The first-order chi connectivity index (χ1) is 17.5. The number of aromatic nitrogens is 2. The van der Waals surface area contributed by atoms with E-state index < -0.39 is 0 Å². The van der Waals surface area contributed by atoms with Crippen LogP contribution in [-0.4, -0.2) is 59.5 Å². The van der Waals surface area contributed by atoms with Crippen molar-refractivity contribution >= 4 is 29.4 Å². The van der Waals surface area contributed by atoms with Gasteiger partial charge in [0.05, 0.1) is 25.6 Å². The third kappa shape index (κ3) is 4.70. The highest BCUT2D eigenvalue weighted by Crippen LogP contribution is 2.34. The summed E-state index contributed by atoms with van der Waals surface area (Å²) in [7, 11) is 3.25. The first-order valence-corrected chi connectivity index (χ1v) is 11.8. The van der Waals surface area contributed by atoms with E-state index in [0.29, 0.717) is 29.8 Å². The van der Waals surface area contributed by atoms with Crippen LogP contribution in [-0.2, 0) is 17.9 Å². The van der Waals surface area contributed by atoms with Crippen molar-refractivity contribution in [1.29, 1.82) is 0 Å². The third-order valence-corrected chi connectivity index (χ3v) is 6.73. The van der Waals surface area contributed by atoms with Gasteiger partial charge in [0, 0.05) is 67.0 Å². The molecule has 0 saturated carbocycles. The van der Waals surface area contributed by atoms with E-state index in [1.54, 1.807) is 14.2 Å². The van der Waals surface area contributed by atoms with E-state index in [4.69, 9.17) is 14.5 Å². The van der Waals surface area contributed by atoms with Crippen molar-refractivity contribution in [2.45, 2.75) is 26.1 Å². The smallest absolute Gasteiger partial charge is 0.227 e. The molecular weight excluding hydrogens is 456 g/mol. The Bertz CT molecular complexity index is 1300. The molecule has 0 aliphatic carbocycles. The summed E-state index contributed by atoms with van der Waals surface area (Å²) >= 11 is 0. The normalized spacial score (nSPS) is 15.1. The first kappa shape index (κ1) is 23.6. The second kappa shape index (κ2) is 9.87. The number of hydrogen-bond donors (Lipinski definition) is 2. The van der Waals surface area contributed by atoms with E-state index in [9.17, 15) is 4.79 Å². The van der Waals surface area contributed by atoms with E-state index in [0.717, 1.165) is 60.1 Å². The molecule has 1 fully saturated rings. The fourth-order valence-corrected chi connectivity index (χ4v) is 4.71. The number of rotatable bonds is 9. The monoisotopic (exact) mass is 486 g/mol. The SMILES string of the molecule is C=C(c1ccc(NC=O)c(OC)c1)N1CC(N2Cc3cnc(Nc4cc(C)cc(OC)c4)nc3C2)C1. The topological polar surface area (TPSA) is 91.9 Å². The number of nitrogens with one attached hydrogen (secondary N) is 2. The average Bonchev–Trinajstić information content (AvgIpc) is 3.25. The predicted molar refractivity (Wildman–Crippen MR) is 139 cm³/mol. The molecule has 9 nitrogen and oxygen atoms in total. The Labute approximate surface area is 210 Å². The summed E-state index contributed by atoms with van der Waals surface area (Å²) in [5, 5.41) is 5.96. The Kier molecular flexibility index (Phi) is 6.47. The quantitative estimate of drug-likeness (QED) is 0.442. The molecule has 2 aromatic carbocycles. The highest BCUT2D eigenvalue weighted by molar-refractivity contribution is 5.78. The van der Waals surface area contributed by atoms with Crippen LogP contribution in [0.5, 0.6) is 11.5 Å². The first-order valence-electron chi connectivity index (χ1n) is 11.8. The van der Waals surface area contributed by atoms with Gasteiger partial charge in [-0.25, -0.2) is 9.97 Å². The van der Waals surface area contributed by atoms with E-state index in [2.05, 4.69) is 32.0 Å². The number of aryl methyl sites for hydroxylation is 1. The van der Waals surface area contributed by atoms with Crippen LogP contribution in [0.1, 0.15) is 22.4 Å². The Morgan fingerprint density at radius 3 is 2.72 bits per heavy atom. The minimum absolute atomic E-state index is 0.422. The standard InChI is InChI=1S/C27H30N6O3/c1-17-7-21(10-23(8-17)35-3)30-27-28-11-20-12-33(15-25(20)31-27)22-13-32(14-22)18(2)19-5-6-24(29-16-34)26(9-19)36-4/h5-11,16,22H,2,12-15H2,1,3-4H3,(H,29,34)(H,28,30,31). The molecule has 36 heavy (non-hydrogen) atoms. The van der Waals surface area contributed by atoms with Gasteiger partial charge in [-0.15, -0.1) is 0 Å². The largest absolute Gasteiger partial charge is 0.497 e. The Hall–Kier alpha value is -4.11. The van der Waals surface area contributed by atoms with Crippen molar-refractivity contribution in [3.8, 4) is 11.5 Å². The summed E-state index contributed by atoms with van der Waals surface area (Å²) in [6.45, 7) is 9.75. The maximum atomic E-state index is 10.8. The summed E-state index contributed by atoms with van der Waals surface area (Å²) in [4.78, 5) is 24.8. The number of carbonyl (C=O) groups is 1. The Balaban J connectivity index is 1.19. The fourth-order valence-electron chi connectivity index (χ4n) is 4.71. The lowest BCUT2D eigenvalue weighted by Crippen LogP contribution is -2.56. The summed E-state index contributed by atoms with van der Waals surface area (Å²) in [5.41, 5.74) is 6.79. The molecule has 5 rings (SSSR count). The summed E-state index contributed by atoms with van der Waals surface area (Å²) in [6, 6.07) is 12.1. The van der Waals surface area contributed by atoms with Crippen molar-refractivity contribution in [1.82, 2.24) is 19.8 Å². The second-order valence-electron chi connectivity index (χ2n) is 9.12. The highest BCUT2D eigenvalue weighted by atomic mass is 16.5. The van der Waals surface area contributed by atoms with Crippen LogP contribution in [0.3, 0.4) is 0 Å². The van der Waals surface area contributed by atoms with Crippen molar-refractivity contribution in [2.24, 2.45) is 0 Å². The van der Waals surface area contributed by atoms with Crippen LogP contribution in [0.25, 0.3) is 5.70 Å². The zero-order valence-electron chi connectivity index (χ0n) is 20.7. The molecule has 9 heteroatoms. The molecule has 3 aromatic rings. The second-order valence-corrected chi connectivity index (χ2v) is 9.12. The summed E-state index contributed by atoms with van der Waals surface area (Å²) < 4.78 is 10.8. The van der Waals surface area contributed by atoms with Crippen molar-refractivity contribution in [2.75, 3.05) is 37.9 Å². The lowest BCUT2D eigenvalue weighted by Gasteiger charge is -2.46. The number of nitrogens with zero attached hydrogens (tertiary/aromatic N) is 4. The molecule has 3 heterocycles. The molecule has 2 aliphatic heterocycles. The van der Waals surface area contributed by atoms with Crippen molar-refractivity contribution < 1.29 is 14.3 Å². The maximum Gasteiger partial charge on any atom is 0.227 e. The van der Waals surface area contributed by atoms with Gasteiger partial charge in [-0.05, 0) is 36.8 Å². The van der Waals surface area contributed by atoms with E-state index in [1.165, 1.54) is 5.56 Å². The summed E-state index contributed by atoms with van der Waals surface area (Å²) in [5.74, 6) is 2.00. The molecule has 1 aromatic heterocycles. The fraction of sp³-hybridized carbons (Fsp3) is 0.296. The predicted octanol–water partition coefficient (Wildman–Crippen LogP) is 3.78. The number of fused-ring (bicyclic) bond motifs is 1. The number of ether oxygens (including phenoxy) is 2. The van der Waals surface area contributed by atoms with Crippen LogP contribution in [0.2, 0.25) is 0 Å². The lowest BCUT2D eigenvalue weighted by atomic mass is 10.0. The zero-order valence-corrected chi connectivity index (χ0v) is 20.7. The van der Waals surface area contributed by atoms with Crippen molar-refractivity contribution in [3.05, 3.63) is 71.6 Å². The molecule has 0 unspecified atom stereocenters. The van der Waals surface area contributed by atoms with Crippen LogP contribution < -0.4 is 20.1 Å². The third-order valence-electron chi connectivity index (χ3n) is 6.73. The minimum atomic E-state index is 0.422. The van der Waals surface area contributed by atoms with Gasteiger partial charge in [0.1, 0.15) is 11.5 Å². The lowest BCUT2D eigenvalue weighted by molar-refractivity contribution is -0.105. The van der Waals surface area contributed by atoms with Crippen molar-refractivity contribution in [3.63, 3.8) is 0 Å². The number of amides is 1. The van der Waals surface area contributed by atoms with Crippen LogP contribution in [0.15, 0.2) is 49.2 Å². The van der Waals surface area contributed by atoms with E-state index >= 15 is 0 Å². The highest BCUT2D eigenvalue weighted by Gasteiger charge is 2.36. The molecule has 0 radical (unpaired) electrons. The van der Waals surface area contributed by atoms with Gasteiger partial charge < -0.3 is 25.0 Å². The zero-order chi connectivity index (χ0) is 25.2. The number of methoxy groups -OCH3 is 2. The van der Waals surface area contributed by atoms with Gasteiger partial charge >= 0.3 is 0 Å². The van der Waals surface area contributed by atoms with Crippen LogP contribution in [0, 0.1) is 6.92 Å². The van der Waals surface area contributed by atoms with Gasteiger partial charge in [-0.3, -0.25) is 9.69 Å². The number of benzene rings is 2. The van der Waals surface area contributed by atoms with Crippen LogP contribution >= 0.6 is 0 Å². The van der Waals surface area contributed by atoms with Gasteiger partial charge in [0.2, 0.25) is 12.4 Å². The molecule has 0 spiro atoms. The molecule has 2 aliphatic rings. The Morgan fingerprint density at radius 2 is 1.97 bits per heavy atom. The maximum absolute atomic E-state index is 10.8. The minimum Gasteiger partial charge on any atom is -0.497 e. The Morgan fingerprint density at radius 1 is 1.14 bits per heavy atom. The molecule has 0 atom stereocenters. The molecular formula is C27H30N6O3. The van der Waals surface area contributed by atoms with Gasteiger partial charge in [0.15, 0.2) is 0 Å². The molecule has 1 saturated heterocycles. The molecule has 1 amide bonds. The summed E-state index contributed by atoms with van der Waals surface area (Å²) in [6.07, 6.45) is 2.57. The van der Waals surface area contributed by atoms with Crippen LogP contribution in [0.4, 0.5) is 17.3 Å². The van der Waals surface area contributed by atoms with E-state index in [-0.39, 0.29) is 0 Å². The number of likely N-dealkylation sites (tertiary alicyclic amines) is 1. The molecule has 186 valence electrons. The van der Waals surface area contributed by atoms with Gasteiger partial charge in [-0.1, -0.05) is 12.6 Å². The van der Waals surface area contributed by atoms with Gasteiger partial charge in [-0.2, -0.15) is 0 Å². The average molecular weight is 487 g/mol. The molecule has 2 N–H and O–H groups in total. The number of carbonyl (C=O) groups excluding carboxylic acids is 1.